The molecule has 0 amide bonds. The standard InChI is InChI=1S/C14H25N5/c1-11(2)10-18-5-7-19(8-6-18)13-12(3)9-16-14(15-4)17-13/h9,11H,5-8,10H2,1-4H3,(H,15,16,17). The van der Waals surface area contributed by atoms with Crippen molar-refractivity contribution in [2.75, 3.05) is 50.0 Å². The molecule has 19 heavy (non-hydrogen) atoms. The molecule has 1 aromatic heterocycles. The van der Waals surface area contributed by atoms with Crippen molar-refractivity contribution in [3.8, 4) is 0 Å². The van der Waals surface area contributed by atoms with Gasteiger partial charge in [0, 0.05) is 51.5 Å². The van der Waals surface area contributed by atoms with Crippen molar-refractivity contribution in [2.24, 2.45) is 5.92 Å². The largest absolute Gasteiger partial charge is 0.357 e. The lowest BCUT2D eigenvalue weighted by molar-refractivity contribution is 0.231. The van der Waals surface area contributed by atoms with E-state index in [4.69, 9.17) is 0 Å². The van der Waals surface area contributed by atoms with Crippen LogP contribution in [-0.2, 0) is 0 Å². The molecule has 5 heteroatoms. The van der Waals surface area contributed by atoms with Gasteiger partial charge >= 0.3 is 0 Å². The Kier molecular flexibility index (Phi) is 4.58. The molecule has 5 nitrogen and oxygen atoms in total. The number of aryl methyl sites for hydroxylation is 1. The van der Waals surface area contributed by atoms with Gasteiger partial charge in [-0.3, -0.25) is 4.90 Å². The van der Waals surface area contributed by atoms with Crippen LogP contribution < -0.4 is 10.2 Å². The maximum absolute atomic E-state index is 4.59. The van der Waals surface area contributed by atoms with Crippen molar-refractivity contribution in [3.63, 3.8) is 0 Å². The summed E-state index contributed by atoms with van der Waals surface area (Å²) in [6, 6.07) is 0. The predicted octanol–water partition coefficient (Wildman–Crippen LogP) is 1.60. The smallest absolute Gasteiger partial charge is 0.224 e. The second-order valence-corrected chi connectivity index (χ2v) is 5.63. The molecular formula is C14H25N5. The molecule has 0 aromatic carbocycles. The van der Waals surface area contributed by atoms with Crippen LogP contribution in [0, 0.1) is 12.8 Å². The molecule has 1 N–H and O–H groups in total. The molecule has 0 bridgehead atoms. The first-order valence-electron chi connectivity index (χ1n) is 7.09. The molecule has 1 fully saturated rings. The maximum Gasteiger partial charge on any atom is 0.224 e. The first kappa shape index (κ1) is 14.1. The Balaban J connectivity index is 2.01. The van der Waals surface area contributed by atoms with Gasteiger partial charge in [0.05, 0.1) is 0 Å². The summed E-state index contributed by atoms with van der Waals surface area (Å²) >= 11 is 0. The van der Waals surface area contributed by atoms with Crippen LogP contribution in [0.4, 0.5) is 11.8 Å². The molecule has 0 spiro atoms. The fraction of sp³-hybridized carbons (Fsp3) is 0.714. The van der Waals surface area contributed by atoms with Gasteiger partial charge in [-0.15, -0.1) is 0 Å². The van der Waals surface area contributed by atoms with E-state index in [9.17, 15) is 0 Å². The molecule has 1 aliphatic rings. The molecule has 1 aliphatic heterocycles. The fourth-order valence-corrected chi connectivity index (χ4v) is 2.53. The van der Waals surface area contributed by atoms with E-state index >= 15 is 0 Å². The Morgan fingerprint density at radius 2 is 1.95 bits per heavy atom. The second-order valence-electron chi connectivity index (χ2n) is 5.63. The monoisotopic (exact) mass is 263 g/mol. The molecule has 1 aromatic rings. The van der Waals surface area contributed by atoms with Gasteiger partial charge in [0.2, 0.25) is 5.95 Å². The summed E-state index contributed by atoms with van der Waals surface area (Å²) in [5.74, 6) is 2.51. The van der Waals surface area contributed by atoms with Crippen molar-refractivity contribution in [1.82, 2.24) is 14.9 Å². The van der Waals surface area contributed by atoms with Crippen LogP contribution >= 0.6 is 0 Å². The SMILES string of the molecule is CNc1ncc(C)c(N2CCN(CC(C)C)CC2)n1. The third-order valence-electron chi connectivity index (χ3n) is 3.46. The highest BCUT2D eigenvalue weighted by Gasteiger charge is 2.20. The van der Waals surface area contributed by atoms with E-state index in [0.29, 0.717) is 5.95 Å². The zero-order valence-electron chi connectivity index (χ0n) is 12.5. The number of nitrogens with one attached hydrogen (secondary N) is 1. The number of hydrogen-bond acceptors (Lipinski definition) is 5. The Labute approximate surface area is 116 Å². The summed E-state index contributed by atoms with van der Waals surface area (Å²) < 4.78 is 0. The number of aromatic nitrogens is 2. The molecule has 0 aliphatic carbocycles. The van der Waals surface area contributed by atoms with E-state index in [-0.39, 0.29) is 0 Å². The van der Waals surface area contributed by atoms with Gasteiger partial charge in [-0.25, -0.2) is 4.98 Å². The number of nitrogens with zero attached hydrogens (tertiary/aromatic N) is 4. The molecule has 0 radical (unpaired) electrons. The Morgan fingerprint density at radius 3 is 2.53 bits per heavy atom. The average molecular weight is 263 g/mol. The van der Waals surface area contributed by atoms with Gasteiger partial charge < -0.3 is 10.2 Å². The minimum atomic E-state index is 0.699. The lowest BCUT2D eigenvalue weighted by atomic mass is 10.2. The average Bonchev–Trinajstić information content (AvgIpc) is 2.40. The first-order valence-corrected chi connectivity index (χ1v) is 7.09. The quantitative estimate of drug-likeness (QED) is 0.894. The zero-order valence-corrected chi connectivity index (χ0v) is 12.5. The third-order valence-corrected chi connectivity index (χ3v) is 3.46. The highest BCUT2D eigenvalue weighted by molar-refractivity contribution is 5.49. The number of rotatable bonds is 4. The Morgan fingerprint density at radius 1 is 1.26 bits per heavy atom. The van der Waals surface area contributed by atoms with E-state index in [1.165, 1.54) is 6.54 Å². The fourth-order valence-electron chi connectivity index (χ4n) is 2.53. The predicted molar refractivity (Wildman–Crippen MR) is 79.8 cm³/mol. The summed E-state index contributed by atoms with van der Waals surface area (Å²) in [5.41, 5.74) is 1.15. The van der Waals surface area contributed by atoms with Crippen LogP contribution in [-0.4, -0.2) is 54.6 Å². The minimum absolute atomic E-state index is 0.699. The third kappa shape index (κ3) is 3.56. The molecule has 2 heterocycles. The van der Waals surface area contributed by atoms with Crippen LogP contribution in [0.2, 0.25) is 0 Å². The first-order chi connectivity index (χ1) is 9.10. The topological polar surface area (TPSA) is 44.3 Å². The summed E-state index contributed by atoms with van der Waals surface area (Å²) in [4.78, 5) is 13.7. The number of piperazine rings is 1. The van der Waals surface area contributed by atoms with Crippen molar-refractivity contribution >= 4 is 11.8 Å². The van der Waals surface area contributed by atoms with Crippen LogP contribution in [0.15, 0.2) is 6.20 Å². The zero-order chi connectivity index (χ0) is 13.8. The summed E-state index contributed by atoms with van der Waals surface area (Å²) in [5, 5.41) is 3.01. The van der Waals surface area contributed by atoms with Crippen molar-refractivity contribution < 1.29 is 0 Å². The van der Waals surface area contributed by atoms with Gasteiger partial charge in [0.25, 0.3) is 0 Å². The lowest BCUT2D eigenvalue weighted by Gasteiger charge is -2.36. The van der Waals surface area contributed by atoms with Crippen LogP contribution in [0.25, 0.3) is 0 Å². The lowest BCUT2D eigenvalue weighted by Crippen LogP contribution is -2.48. The van der Waals surface area contributed by atoms with Crippen LogP contribution in [0.3, 0.4) is 0 Å². The molecule has 0 atom stereocenters. The second kappa shape index (κ2) is 6.19. The normalized spacial score (nSPS) is 17.0. The van der Waals surface area contributed by atoms with E-state index in [2.05, 4.69) is 45.9 Å². The summed E-state index contributed by atoms with van der Waals surface area (Å²) in [6.45, 7) is 12.2. The highest BCUT2D eigenvalue weighted by atomic mass is 15.3. The van der Waals surface area contributed by atoms with Crippen molar-refractivity contribution in [2.45, 2.75) is 20.8 Å². The summed E-state index contributed by atoms with van der Waals surface area (Å²) in [6.07, 6.45) is 1.90. The Bertz CT molecular complexity index is 410. The highest BCUT2D eigenvalue weighted by Crippen LogP contribution is 2.19. The van der Waals surface area contributed by atoms with E-state index in [1.807, 2.05) is 13.2 Å². The number of anilines is 2. The number of hydrogen-bond donors (Lipinski definition) is 1. The van der Waals surface area contributed by atoms with Gasteiger partial charge in [-0.05, 0) is 12.8 Å². The van der Waals surface area contributed by atoms with E-state index in [0.717, 1.165) is 43.5 Å². The van der Waals surface area contributed by atoms with Gasteiger partial charge in [0.1, 0.15) is 5.82 Å². The van der Waals surface area contributed by atoms with Gasteiger partial charge in [-0.1, -0.05) is 13.8 Å². The minimum Gasteiger partial charge on any atom is -0.357 e. The molecule has 0 saturated carbocycles. The van der Waals surface area contributed by atoms with Crippen LogP contribution in [0.5, 0.6) is 0 Å². The van der Waals surface area contributed by atoms with Gasteiger partial charge in [-0.2, -0.15) is 4.98 Å². The molecule has 106 valence electrons. The Hall–Kier alpha value is -1.36. The van der Waals surface area contributed by atoms with Crippen molar-refractivity contribution in [3.05, 3.63) is 11.8 Å². The molecule has 0 unspecified atom stereocenters. The van der Waals surface area contributed by atoms with Crippen molar-refractivity contribution in [1.29, 1.82) is 0 Å². The van der Waals surface area contributed by atoms with Gasteiger partial charge in [0.15, 0.2) is 0 Å². The summed E-state index contributed by atoms with van der Waals surface area (Å²) in [7, 11) is 1.86. The van der Waals surface area contributed by atoms with E-state index < -0.39 is 0 Å². The molecular weight excluding hydrogens is 238 g/mol. The maximum atomic E-state index is 4.59. The molecule has 1 saturated heterocycles. The van der Waals surface area contributed by atoms with E-state index in [1.54, 1.807) is 0 Å². The molecule has 2 rings (SSSR count). The van der Waals surface area contributed by atoms with Crippen LogP contribution in [0.1, 0.15) is 19.4 Å².